The lowest BCUT2D eigenvalue weighted by Crippen LogP contribution is -2.36. The molecule has 0 bridgehead atoms. The van der Waals surface area contributed by atoms with Crippen LogP contribution in [0.5, 0.6) is 0 Å². The van der Waals surface area contributed by atoms with Gasteiger partial charge < -0.3 is 10.6 Å². The standard InChI is InChI=1S/C15H20N4/c1-2-11-6-5-9-19(10-11)14-12-7-3-4-8-13(12)17-15(16)18-14/h3-4,7-8,11H,2,5-6,9-10H2,1H3,(H2,16,17,18). The highest BCUT2D eigenvalue weighted by Gasteiger charge is 2.21. The summed E-state index contributed by atoms with van der Waals surface area (Å²) in [5.74, 6) is 2.14. The number of fused-ring (bicyclic) bond motifs is 1. The molecule has 1 atom stereocenters. The first kappa shape index (κ1) is 12.2. The topological polar surface area (TPSA) is 55.0 Å². The van der Waals surface area contributed by atoms with E-state index in [9.17, 15) is 0 Å². The molecule has 1 aliphatic heterocycles. The van der Waals surface area contributed by atoms with Crippen LogP contribution in [0, 0.1) is 5.92 Å². The first-order valence-electron chi connectivity index (χ1n) is 7.05. The van der Waals surface area contributed by atoms with Crippen molar-refractivity contribution in [3.63, 3.8) is 0 Å². The zero-order valence-electron chi connectivity index (χ0n) is 11.3. The third-order valence-corrected chi connectivity index (χ3v) is 4.00. The van der Waals surface area contributed by atoms with Crippen LogP contribution < -0.4 is 10.6 Å². The molecule has 2 N–H and O–H groups in total. The third-order valence-electron chi connectivity index (χ3n) is 4.00. The molecule has 0 radical (unpaired) electrons. The molecule has 1 aromatic heterocycles. The summed E-state index contributed by atoms with van der Waals surface area (Å²) < 4.78 is 0. The number of benzene rings is 1. The van der Waals surface area contributed by atoms with Gasteiger partial charge in [-0.25, -0.2) is 4.98 Å². The SMILES string of the molecule is CCC1CCCN(c2nc(N)nc3ccccc23)C1. The van der Waals surface area contributed by atoms with Crippen molar-refractivity contribution in [2.24, 2.45) is 5.92 Å². The molecule has 0 spiro atoms. The number of nitrogen functional groups attached to an aromatic ring is 1. The molecule has 1 unspecified atom stereocenters. The lowest BCUT2D eigenvalue weighted by atomic mass is 9.95. The highest BCUT2D eigenvalue weighted by molar-refractivity contribution is 5.90. The molecule has 4 heteroatoms. The molecule has 0 amide bonds. The molecule has 1 saturated heterocycles. The van der Waals surface area contributed by atoms with Crippen LogP contribution >= 0.6 is 0 Å². The van der Waals surface area contributed by atoms with Gasteiger partial charge in [0.1, 0.15) is 5.82 Å². The molecule has 1 aliphatic rings. The summed E-state index contributed by atoms with van der Waals surface area (Å²) in [5, 5.41) is 1.11. The quantitative estimate of drug-likeness (QED) is 0.897. The van der Waals surface area contributed by atoms with E-state index >= 15 is 0 Å². The molecule has 0 saturated carbocycles. The van der Waals surface area contributed by atoms with Crippen LogP contribution in [0.2, 0.25) is 0 Å². The predicted molar refractivity (Wildman–Crippen MR) is 79.2 cm³/mol. The van der Waals surface area contributed by atoms with Crippen molar-refractivity contribution >= 4 is 22.7 Å². The minimum atomic E-state index is 0.368. The van der Waals surface area contributed by atoms with E-state index in [4.69, 9.17) is 5.73 Å². The predicted octanol–water partition coefficient (Wildman–Crippen LogP) is 2.84. The van der Waals surface area contributed by atoms with Gasteiger partial charge in [-0.1, -0.05) is 25.5 Å². The smallest absolute Gasteiger partial charge is 0.222 e. The second-order valence-corrected chi connectivity index (χ2v) is 5.29. The van der Waals surface area contributed by atoms with Gasteiger partial charge in [-0.3, -0.25) is 0 Å². The summed E-state index contributed by atoms with van der Waals surface area (Å²) in [6.45, 7) is 4.41. The molecule has 2 aromatic rings. The van der Waals surface area contributed by atoms with Crippen LogP contribution in [0.1, 0.15) is 26.2 Å². The maximum absolute atomic E-state index is 5.85. The van der Waals surface area contributed by atoms with Gasteiger partial charge in [0.25, 0.3) is 0 Å². The van der Waals surface area contributed by atoms with Crippen molar-refractivity contribution in [3.05, 3.63) is 24.3 Å². The molecule has 0 aliphatic carbocycles. The highest BCUT2D eigenvalue weighted by Crippen LogP contribution is 2.29. The van der Waals surface area contributed by atoms with Gasteiger partial charge in [-0.2, -0.15) is 4.98 Å². The number of hydrogen-bond acceptors (Lipinski definition) is 4. The Morgan fingerprint density at radius 1 is 1.32 bits per heavy atom. The zero-order valence-corrected chi connectivity index (χ0v) is 11.3. The number of aromatic nitrogens is 2. The van der Waals surface area contributed by atoms with Crippen LogP contribution in [-0.2, 0) is 0 Å². The van der Waals surface area contributed by atoms with E-state index < -0.39 is 0 Å². The third kappa shape index (κ3) is 2.35. The van der Waals surface area contributed by atoms with Crippen LogP contribution in [0.15, 0.2) is 24.3 Å². The largest absolute Gasteiger partial charge is 0.368 e. The normalized spacial score (nSPS) is 19.8. The van der Waals surface area contributed by atoms with E-state index in [2.05, 4.69) is 27.9 Å². The fourth-order valence-corrected chi connectivity index (χ4v) is 2.91. The fraction of sp³-hybridized carbons (Fsp3) is 0.467. The maximum atomic E-state index is 5.85. The second kappa shape index (κ2) is 5.03. The first-order valence-corrected chi connectivity index (χ1v) is 7.05. The minimum absolute atomic E-state index is 0.368. The average molecular weight is 256 g/mol. The van der Waals surface area contributed by atoms with Gasteiger partial charge in [-0.15, -0.1) is 0 Å². The summed E-state index contributed by atoms with van der Waals surface area (Å²) in [7, 11) is 0. The summed E-state index contributed by atoms with van der Waals surface area (Å²) in [4.78, 5) is 11.2. The molecule has 3 rings (SSSR count). The van der Waals surface area contributed by atoms with Crippen molar-refractivity contribution in [3.8, 4) is 0 Å². The Balaban J connectivity index is 2.03. The summed E-state index contributed by atoms with van der Waals surface area (Å²) in [5.41, 5.74) is 6.78. The number of nitrogens with zero attached hydrogens (tertiary/aromatic N) is 3. The molecule has 1 aromatic carbocycles. The van der Waals surface area contributed by atoms with Gasteiger partial charge in [0.05, 0.1) is 5.52 Å². The molecular weight excluding hydrogens is 236 g/mol. The fourth-order valence-electron chi connectivity index (χ4n) is 2.91. The molecule has 4 nitrogen and oxygen atoms in total. The van der Waals surface area contributed by atoms with Crippen LogP contribution in [0.3, 0.4) is 0 Å². The van der Waals surface area contributed by atoms with Gasteiger partial charge in [0.2, 0.25) is 5.95 Å². The second-order valence-electron chi connectivity index (χ2n) is 5.29. The Kier molecular flexibility index (Phi) is 3.23. The van der Waals surface area contributed by atoms with Crippen LogP contribution in [-0.4, -0.2) is 23.1 Å². The first-order chi connectivity index (χ1) is 9.28. The number of nitrogens with two attached hydrogens (primary N) is 1. The van der Waals surface area contributed by atoms with E-state index in [-0.39, 0.29) is 0 Å². The number of para-hydroxylation sites is 1. The summed E-state index contributed by atoms with van der Waals surface area (Å²) in [6.07, 6.45) is 3.79. The minimum Gasteiger partial charge on any atom is -0.368 e. The number of rotatable bonds is 2. The maximum Gasteiger partial charge on any atom is 0.222 e. The Morgan fingerprint density at radius 3 is 3.00 bits per heavy atom. The number of anilines is 2. The molecule has 19 heavy (non-hydrogen) atoms. The van der Waals surface area contributed by atoms with E-state index in [1.54, 1.807) is 0 Å². The molecular formula is C15H20N4. The zero-order chi connectivity index (χ0) is 13.2. The monoisotopic (exact) mass is 256 g/mol. The van der Waals surface area contributed by atoms with E-state index in [1.807, 2.05) is 18.2 Å². The lowest BCUT2D eigenvalue weighted by molar-refractivity contribution is 0.403. The number of hydrogen-bond donors (Lipinski definition) is 1. The Bertz CT molecular complexity index is 581. The average Bonchev–Trinajstić information content (AvgIpc) is 2.46. The number of piperidine rings is 1. The molecule has 1 fully saturated rings. The van der Waals surface area contributed by atoms with Crippen molar-refractivity contribution in [2.75, 3.05) is 23.7 Å². The van der Waals surface area contributed by atoms with Crippen molar-refractivity contribution in [2.45, 2.75) is 26.2 Å². The summed E-state index contributed by atoms with van der Waals surface area (Å²) in [6, 6.07) is 8.11. The van der Waals surface area contributed by atoms with Crippen molar-refractivity contribution in [1.82, 2.24) is 9.97 Å². The van der Waals surface area contributed by atoms with E-state index in [0.717, 1.165) is 35.7 Å². The Morgan fingerprint density at radius 2 is 2.16 bits per heavy atom. The van der Waals surface area contributed by atoms with Gasteiger partial charge in [0, 0.05) is 18.5 Å². The van der Waals surface area contributed by atoms with Crippen molar-refractivity contribution in [1.29, 1.82) is 0 Å². The van der Waals surface area contributed by atoms with E-state index in [0.29, 0.717) is 5.95 Å². The Hall–Kier alpha value is -1.84. The van der Waals surface area contributed by atoms with E-state index in [1.165, 1.54) is 19.3 Å². The Labute approximate surface area is 113 Å². The van der Waals surface area contributed by atoms with Crippen LogP contribution in [0.25, 0.3) is 10.9 Å². The van der Waals surface area contributed by atoms with Gasteiger partial charge in [0.15, 0.2) is 0 Å². The highest BCUT2D eigenvalue weighted by atomic mass is 15.2. The van der Waals surface area contributed by atoms with Gasteiger partial charge >= 0.3 is 0 Å². The van der Waals surface area contributed by atoms with Crippen LogP contribution in [0.4, 0.5) is 11.8 Å². The molecule has 100 valence electrons. The molecule has 2 heterocycles. The summed E-state index contributed by atoms with van der Waals surface area (Å²) >= 11 is 0. The lowest BCUT2D eigenvalue weighted by Gasteiger charge is -2.33. The van der Waals surface area contributed by atoms with Gasteiger partial charge in [-0.05, 0) is 30.9 Å². The van der Waals surface area contributed by atoms with Crippen molar-refractivity contribution < 1.29 is 0 Å².